The second-order valence-corrected chi connectivity index (χ2v) is 5.60. The maximum atomic E-state index is 12.2. The van der Waals surface area contributed by atoms with Crippen LogP contribution < -0.4 is 0 Å². The molecule has 96 valence electrons. The van der Waals surface area contributed by atoms with Gasteiger partial charge in [-0.25, -0.2) is 0 Å². The Labute approximate surface area is 112 Å². The molecule has 1 amide bonds. The van der Waals surface area contributed by atoms with Crippen molar-refractivity contribution in [1.29, 1.82) is 0 Å². The molecule has 0 bridgehead atoms. The monoisotopic (exact) mass is 265 g/mol. The van der Waals surface area contributed by atoms with E-state index in [9.17, 15) is 4.79 Å². The van der Waals surface area contributed by atoms with E-state index in [-0.39, 0.29) is 5.91 Å². The van der Waals surface area contributed by atoms with Crippen LogP contribution in [0.3, 0.4) is 0 Å². The summed E-state index contributed by atoms with van der Waals surface area (Å²) in [7, 11) is 0. The molecule has 0 radical (unpaired) electrons. The number of carbonyl (C=O) groups excluding carboxylic acids is 1. The number of hydrogen-bond acceptors (Lipinski definition) is 2. The van der Waals surface area contributed by atoms with Crippen LogP contribution >= 0.6 is 11.6 Å². The molecule has 2 unspecified atom stereocenters. The number of carbonyl (C=O) groups is 1. The fraction of sp³-hybridized carbons (Fsp3) is 0.500. The van der Waals surface area contributed by atoms with Crippen molar-refractivity contribution in [3.05, 3.63) is 34.9 Å². The molecule has 0 saturated carbocycles. The first-order valence-corrected chi connectivity index (χ1v) is 6.70. The molecule has 3 nitrogen and oxygen atoms in total. The van der Waals surface area contributed by atoms with E-state index in [0.717, 1.165) is 31.9 Å². The Bertz CT molecular complexity index is 451. The normalized spacial score (nSPS) is 26.4. The van der Waals surface area contributed by atoms with E-state index in [1.54, 1.807) is 0 Å². The summed E-state index contributed by atoms with van der Waals surface area (Å²) in [5.41, 5.74) is 0.987. The van der Waals surface area contributed by atoms with Gasteiger partial charge in [0.2, 0.25) is 5.91 Å². The summed E-state index contributed by atoms with van der Waals surface area (Å²) in [6, 6.07) is 7.52. The van der Waals surface area contributed by atoms with E-state index in [0.29, 0.717) is 23.3 Å². The maximum Gasteiger partial charge on any atom is 0.227 e. The second kappa shape index (κ2) is 4.90. The molecule has 3 rings (SSSR count). The van der Waals surface area contributed by atoms with E-state index in [1.807, 2.05) is 29.2 Å². The highest BCUT2D eigenvalue weighted by Crippen LogP contribution is 2.29. The van der Waals surface area contributed by atoms with E-state index >= 15 is 0 Å². The zero-order valence-electron chi connectivity index (χ0n) is 10.1. The van der Waals surface area contributed by atoms with Gasteiger partial charge in [0.15, 0.2) is 0 Å². The molecule has 4 heteroatoms. The number of fused-ring (bicyclic) bond motifs is 1. The van der Waals surface area contributed by atoms with Crippen molar-refractivity contribution in [2.24, 2.45) is 11.8 Å². The first-order chi connectivity index (χ1) is 8.72. The van der Waals surface area contributed by atoms with Crippen LogP contribution in [0.5, 0.6) is 0 Å². The van der Waals surface area contributed by atoms with Crippen LogP contribution in [-0.2, 0) is 16.0 Å². The Morgan fingerprint density at radius 2 is 2.06 bits per heavy atom. The van der Waals surface area contributed by atoms with Crippen molar-refractivity contribution >= 4 is 17.5 Å². The standard InChI is InChI=1S/C14H16ClNO2/c15-13-3-1-2-10(4-13)5-14(17)16-6-11-8-18-9-12(11)7-16/h1-4,11-12H,5-9H2. The Balaban J connectivity index is 1.62. The van der Waals surface area contributed by atoms with Crippen LogP contribution in [0.2, 0.25) is 5.02 Å². The zero-order valence-corrected chi connectivity index (χ0v) is 10.9. The minimum absolute atomic E-state index is 0.201. The molecule has 2 aliphatic heterocycles. The van der Waals surface area contributed by atoms with Crippen LogP contribution in [0, 0.1) is 11.8 Å². The highest BCUT2D eigenvalue weighted by Gasteiger charge is 2.38. The molecular formula is C14H16ClNO2. The van der Waals surface area contributed by atoms with Crippen molar-refractivity contribution < 1.29 is 9.53 Å². The Morgan fingerprint density at radius 1 is 1.33 bits per heavy atom. The van der Waals surface area contributed by atoms with Gasteiger partial charge in [-0.05, 0) is 17.7 Å². The fourth-order valence-corrected chi connectivity index (χ4v) is 3.04. The third-order valence-corrected chi connectivity index (χ3v) is 4.07. The SMILES string of the molecule is O=C(Cc1cccc(Cl)c1)N1CC2COCC2C1. The quantitative estimate of drug-likeness (QED) is 0.818. The Kier molecular flexibility index (Phi) is 3.27. The number of amides is 1. The minimum Gasteiger partial charge on any atom is -0.381 e. The molecule has 1 aromatic carbocycles. The van der Waals surface area contributed by atoms with Gasteiger partial charge < -0.3 is 9.64 Å². The number of rotatable bonds is 2. The molecule has 0 aromatic heterocycles. The van der Waals surface area contributed by atoms with E-state index in [2.05, 4.69) is 0 Å². The van der Waals surface area contributed by atoms with E-state index < -0.39 is 0 Å². The van der Waals surface area contributed by atoms with Gasteiger partial charge in [0.05, 0.1) is 19.6 Å². The molecule has 0 aliphatic carbocycles. The second-order valence-electron chi connectivity index (χ2n) is 5.16. The van der Waals surface area contributed by atoms with Gasteiger partial charge in [0.25, 0.3) is 0 Å². The molecule has 18 heavy (non-hydrogen) atoms. The van der Waals surface area contributed by atoms with Crippen molar-refractivity contribution in [3.8, 4) is 0 Å². The topological polar surface area (TPSA) is 29.5 Å². The summed E-state index contributed by atoms with van der Waals surface area (Å²) in [5.74, 6) is 1.30. The van der Waals surface area contributed by atoms with Gasteiger partial charge in [0.1, 0.15) is 0 Å². The summed E-state index contributed by atoms with van der Waals surface area (Å²) >= 11 is 5.92. The molecular weight excluding hydrogens is 250 g/mol. The lowest BCUT2D eigenvalue weighted by Crippen LogP contribution is -2.31. The predicted octanol–water partition coefficient (Wildman–Crippen LogP) is 1.99. The summed E-state index contributed by atoms with van der Waals surface area (Å²) in [4.78, 5) is 14.2. The first-order valence-electron chi connectivity index (χ1n) is 6.32. The van der Waals surface area contributed by atoms with Gasteiger partial charge in [-0.15, -0.1) is 0 Å². The number of ether oxygens (including phenoxy) is 1. The number of hydrogen-bond donors (Lipinski definition) is 0. The van der Waals surface area contributed by atoms with E-state index in [1.165, 1.54) is 0 Å². The largest absolute Gasteiger partial charge is 0.381 e. The Hall–Kier alpha value is -1.06. The van der Waals surface area contributed by atoms with E-state index in [4.69, 9.17) is 16.3 Å². The first kappa shape index (κ1) is 12.0. The van der Waals surface area contributed by atoms with Gasteiger partial charge in [-0.1, -0.05) is 23.7 Å². The van der Waals surface area contributed by atoms with Gasteiger partial charge in [-0.2, -0.15) is 0 Å². The predicted molar refractivity (Wildman–Crippen MR) is 69.5 cm³/mol. The average Bonchev–Trinajstić information content (AvgIpc) is 2.88. The van der Waals surface area contributed by atoms with Crippen LogP contribution in [-0.4, -0.2) is 37.1 Å². The smallest absolute Gasteiger partial charge is 0.227 e. The van der Waals surface area contributed by atoms with Gasteiger partial charge in [-0.3, -0.25) is 4.79 Å². The van der Waals surface area contributed by atoms with Crippen LogP contribution in [0.1, 0.15) is 5.56 Å². The zero-order chi connectivity index (χ0) is 12.5. The lowest BCUT2D eigenvalue weighted by Gasteiger charge is -2.17. The number of likely N-dealkylation sites (tertiary alicyclic amines) is 1. The molecule has 2 atom stereocenters. The van der Waals surface area contributed by atoms with Crippen LogP contribution in [0.15, 0.2) is 24.3 Å². The lowest BCUT2D eigenvalue weighted by molar-refractivity contribution is -0.129. The number of halogens is 1. The van der Waals surface area contributed by atoms with Gasteiger partial charge >= 0.3 is 0 Å². The molecule has 2 saturated heterocycles. The summed E-state index contributed by atoms with van der Waals surface area (Å²) in [6.45, 7) is 3.32. The van der Waals surface area contributed by atoms with Crippen molar-refractivity contribution in [2.45, 2.75) is 6.42 Å². The minimum atomic E-state index is 0.201. The fourth-order valence-electron chi connectivity index (χ4n) is 2.82. The molecule has 2 aliphatic rings. The summed E-state index contributed by atoms with van der Waals surface area (Å²) in [6.07, 6.45) is 0.445. The van der Waals surface area contributed by atoms with Crippen molar-refractivity contribution in [3.63, 3.8) is 0 Å². The molecule has 1 aromatic rings. The third-order valence-electron chi connectivity index (χ3n) is 3.84. The molecule has 0 N–H and O–H groups in total. The van der Waals surface area contributed by atoms with Crippen LogP contribution in [0.4, 0.5) is 0 Å². The highest BCUT2D eigenvalue weighted by atomic mass is 35.5. The number of benzene rings is 1. The summed E-state index contributed by atoms with van der Waals surface area (Å²) < 4.78 is 5.42. The summed E-state index contributed by atoms with van der Waals surface area (Å²) in [5, 5.41) is 0.687. The van der Waals surface area contributed by atoms with Crippen molar-refractivity contribution in [1.82, 2.24) is 4.90 Å². The van der Waals surface area contributed by atoms with Gasteiger partial charge in [0, 0.05) is 29.9 Å². The third kappa shape index (κ3) is 2.38. The average molecular weight is 266 g/mol. The maximum absolute atomic E-state index is 12.2. The Morgan fingerprint density at radius 3 is 2.72 bits per heavy atom. The van der Waals surface area contributed by atoms with Crippen LogP contribution in [0.25, 0.3) is 0 Å². The lowest BCUT2D eigenvalue weighted by atomic mass is 10.0. The highest BCUT2D eigenvalue weighted by molar-refractivity contribution is 6.30. The molecule has 2 fully saturated rings. The van der Waals surface area contributed by atoms with Crippen molar-refractivity contribution in [2.75, 3.05) is 26.3 Å². The molecule has 2 heterocycles. The number of nitrogens with zero attached hydrogens (tertiary/aromatic N) is 1. The molecule has 0 spiro atoms.